The van der Waals surface area contributed by atoms with Crippen molar-refractivity contribution < 1.29 is 14.3 Å². The van der Waals surface area contributed by atoms with Crippen molar-refractivity contribution in [2.24, 2.45) is 0 Å². The molecular formula is C29H32ClN3O3. The smallest absolute Gasteiger partial charge is 0.258 e. The van der Waals surface area contributed by atoms with E-state index in [1.54, 1.807) is 24.3 Å². The first-order valence-corrected chi connectivity index (χ1v) is 12.7. The van der Waals surface area contributed by atoms with Gasteiger partial charge in [0.1, 0.15) is 23.9 Å². The number of hydrogen-bond acceptors (Lipinski definition) is 4. The second kappa shape index (κ2) is 12.0. The van der Waals surface area contributed by atoms with Crippen LogP contribution in [-0.4, -0.2) is 28.7 Å². The summed E-state index contributed by atoms with van der Waals surface area (Å²) in [5.41, 5.74) is 3.20. The summed E-state index contributed by atoms with van der Waals surface area (Å²) < 4.78 is 13.7. The third-order valence-corrected chi connectivity index (χ3v) is 6.53. The number of carbonyl (C=O) groups excluding carboxylic acids is 1. The van der Waals surface area contributed by atoms with E-state index in [0.29, 0.717) is 29.8 Å². The van der Waals surface area contributed by atoms with Crippen molar-refractivity contribution in [2.45, 2.75) is 45.7 Å². The van der Waals surface area contributed by atoms with E-state index in [-0.39, 0.29) is 18.6 Å². The molecule has 0 bridgehead atoms. The van der Waals surface area contributed by atoms with Crippen LogP contribution >= 0.6 is 11.6 Å². The Kier molecular flexibility index (Phi) is 8.49. The first-order chi connectivity index (χ1) is 17.4. The minimum Gasteiger partial charge on any atom is -0.492 e. The van der Waals surface area contributed by atoms with Crippen molar-refractivity contribution in [3.05, 3.63) is 89.2 Å². The quantitative estimate of drug-likeness (QED) is 0.251. The maximum atomic E-state index is 12.6. The standard InChI is InChI=1S/C29H32ClN3O3/c1-4-20(2)22-9-13-24(14-10-22)35-18-17-33-27-8-6-5-7-26(27)32-29(33)21(3)31-28(34)19-36-25-15-11-23(30)12-16-25/h5-16,20-21H,4,17-19H2,1-3H3,(H,31,34). The molecule has 1 aromatic heterocycles. The van der Waals surface area contributed by atoms with E-state index in [9.17, 15) is 4.79 Å². The van der Waals surface area contributed by atoms with Crippen molar-refractivity contribution in [1.82, 2.24) is 14.9 Å². The molecule has 0 saturated carbocycles. The molecule has 0 fully saturated rings. The molecule has 188 valence electrons. The molecule has 2 atom stereocenters. The highest BCUT2D eigenvalue weighted by Gasteiger charge is 2.19. The van der Waals surface area contributed by atoms with E-state index in [2.05, 4.69) is 35.9 Å². The lowest BCUT2D eigenvalue weighted by Crippen LogP contribution is -2.33. The van der Waals surface area contributed by atoms with E-state index in [1.807, 2.05) is 43.3 Å². The highest BCUT2D eigenvalue weighted by Crippen LogP contribution is 2.23. The van der Waals surface area contributed by atoms with Gasteiger partial charge >= 0.3 is 0 Å². The van der Waals surface area contributed by atoms with Crippen LogP contribution in [0.1, 0.15) is 50.5 Å². The van der Waals surface area contributed by atoms with Gasteiger partial charge < -0.3 is 19.4 Å². The predicted octanol–water partition coefficient (Wildman–Crippen LogP) is 6.54. The van der Waals surface area contributed by atoms with Crippen LogP contribution in [0, 0.1) is 0 Å². The van der Waals surface area contributed by atoms with Gasteiger partial charge in [0.05, 0.1) is 23.6 Å². The minimum absolute atomic E-state index is 0.0953. The van der Waals surface area contributed by atoms with Gasteiger partial charge in [-0.1, -0.05) is 49.7 Å². The minimum atomic E-state index is -0.312. The number of halogens is 1. The fraction of sp³-hybridized carbons (Fsp3) is 0.310. The van der Waals surface area contributed by atoms with Gasteiger partial charge in [0.15, 0.2) is 6.61 Å². The highest BCUT2D eigenvalue weighted by atomic mass is 35.5. The Morgan fingerprint density at radius 3 is 2.36 bits per heavy atom. The second-order valence-electron chi connectivity index (χ2n) is 8.87. The summed E-state index contributed by atoms with van der Waals surface area (Å²) >= 11 is 5.90. The zero-order chi connectivity index (χ0) is 25.5. The molecule has 2 unspecified atom stereocenters. The maximum absolute atomic E-state index is 12.6. The topological polar surface area (TPSA) is 65.4 Å². The Labute approximate surface area is 217 Å². The van der Waals surface area contributed by atoms with Crippen LogP contribution in [0.15, 0.2) is 72.8 Å². The molecule has 0 aliphatic carbocycles. The van der Waals surface area contributed by atoms with Gasteiger partial charge in [-0.25, -0.2) is 4.98 Å². The number of imidazole rings is 1. The predicted molar refractivity (Wildman–Crippen MR) is 144 cm³/mol. The second-order valence-corrected chi connectivity index (χ2v) is 9.31. The van der Waals surface area contributed by atoms with Crippen LogP contribution in [0.4, 0.5) is 0 Å². The fourth-order valence-corrected chi connectivity index (χ4v) is 4.20. The molecule has 0 saturated heterocycles. The number of nitrogens with one attached hydrogen (secondary N) is 1. The molecule has 4 aromatic rings. The molecule has 3 aromatic carbocycles. The van der Waals surface area contributed by atoms with Crippen LogP contribution in [0.3, 0.4) is 0 Å². The van der Waals surface area contributed by atoms with Gasteiger partial charge in [0.25, 0.3) is 5.91 Å². The molecule has 36 heavy (non-hydrogen) atoms. The number of hydrogen-bond donors (Lipinski definition) is 1. The number of fused-ring (bicyclic) bond motifs is 1. The summed E-state index contributed by atoms with van der Waals surface area (Å²) in [5, 5.41) is 3.61. The van der Waals surface area contributed by atoms with E-state index in [4.69, 9.17) is 26.1 Å². The Balaban J connectivity index is 1.40. The normalized spacial score (nSPS) is 12.8. The molecular weight excluding hydrogens is 474 g/mol. The molecule has 1 amide bonds. The molecule has 7 heteroatoms. The van der Waals surface area contributed by atoms with Crippen molar-refractivity contribution in [2.75, 3.05) is 13.2 Å². The van der Waals surface area contributed by atoms with Crippen LogP contribution < -0.4 is 14.8 Å². The molecule has 0 radical (unpaired) electrons. The summed E-state index contributed by atoms with van der Waals surface area (Å²) in [6, 6.07) is 22.9. The zero-order valence-electron chi connectivity index (χ0n) is 20.9. The molecule has 1 heterocycles. The number of amides is 1. The average Bonchev–Trinajstić information content (AvgIpc) is 3.27. The lowest BCUT2D eigenvalue weighted by atomic mass is 9.99. The maximum Gasteiger partial charge on any atom is 0.258 e. The number of para-hydroxylation sites is 2. The van der Waals surface area contributed by atoms with E-state index in [1.165, 1.54) is 5.56 Å². The first-order valence-electron chi connectivity index (χ1n) is 12.3. The summed E-state index contributed by atoms with van der Waals surface area (Å²) in [6.45, 7) is 7.33. The summed E-state index contributed by atoms with van der Waals surface area (Å²) in [5.74, 6) is 2.50. The van der Waals surface area contributed by atoms with Crippen LogP contribution in [0.25, 0.3) is 11.0 Å². The molecule has 0 aliphatic heterocycles. The summed E-state index contributed by atoms with van der Waals surface area (Å²) in [6.07, 6.45) is 1.11. The zero-order valence-corrected chi connectivity index (χ0v) is 21.7. The Hall–Kier alpha value is -3.51. The van der Waals surface area contributed by atoms with Gasteiger partial charge in [-0.2, -0.15) is 0 Å². The SMILES string of the molecule is CCC(C)c1ccc(OCCn2c(C(C)NC(=O)COc3ccc(Cl)cc3)nc3ccccc32)cc1. The van der Waals surface area contributed by atoms with E-state index in [0.717, 1.165) is 29.0 Å². The number of rotatable bonds is 11. The molecule has 0 aliphatic rings. The number of carbonyl (C=O) groups is 1. The van der Waals surface area contributed by atoms with Crippen molar-refractivity contribution in [3.8, 4) is 11.5 Å². The van der Waals surface area contributed by atoms with Gasteiger partial charge in [-0.05, 0) is 73.4 Å². The third-order valence-electron chi connectivity index (χ3n) is 6.28. The monoisotopic (exact) mass is 505 g/mol. The van der Waals surface area contributed by atoms with Gasteiger partial charge in [-0.15, -0.1) is 0 Å². The molecule has 6 nitrogen and oxygen atoms in total. The van der Waals surface area contributed by atoms with Crippen LogP contribution in [0.2, 0.25) is 5.02 Å². The number of nitrogens with zero attached hydrogens (tertiary/aromatic N) is 2. The van der Waals surface area contributed by atoms with Crippen LogP contribution in [-0.2, 0) is 11.3 Å². The number of benzene rings is 3. The van der Waals surface area contributed by atoms with E-state index < -0.39 is 0 Å². The molecule has 1 N–H and O–H groups in total. The van der Waals surface area contributed by atoms with Gasteiger partial charge in [-0.3, -0.25) is 4.79 Å². The molecule has 0 spiro atoms. The first kappa shape index (κ1) is 25.6. The van der Waals surface area contributed by atoms with Gasteiger partial charge in [0.2, 0.25) is 0 Å². The summed E-state index contributed by atoms with van der Waals surface area (Å²) in [7, 11) is 0. The average molecular weight is 506 g/mol. The van der Waals surface area contributed by atoms with Crippen molar-refractivity contribution >= 4 is 28.5 Å². The highest BCUT2D eigenvalue weighted by molar-refractivity contribution is 6.30. The Bertz CT molecular complexity index is 1290. The Morgan fingerprint density at radius 2 is 1.64 bits per heavy atom. The van der Waals surface area contributed by atoms with Crippen molar-refractivity contribution in [3.63, 3.8) is 0 Å². The van der Waals surface area contributed by atoms with Crippen LogP contribution in [0.5, 0.6) is 11.5 Å². The lowest BCUT2D eigenvalue weighted by molar-refractivity contribution is -0.123. The number of ether oxygens (including phenoxy) is 2. The van der Waals surface area contributed by atoms with E-state index >= 15 is 0 Å². The largest absolute Gasteiger partial charge is 0.492 e. The lowest BCUT2D eigenvalue weighted by Gasteiger charge is -2.17. The fourth-order valence-electron chi connectivity index (χ4n) is 4.07. The molecule has 4 rings (SSSR count). The number of aromatic nitrogens is 2. The third kappa shape index (κ3) is 6.38. The van der Waals surface area contributed by atoms with Gasteiger partial charge in [0, 0.05) is 5.02 Å². The summed E-state index contributed by atoms with van der Waals surface area (Å²) in [4.78, 5) is 17.4. The van der Waals surface area contributed by atoms with Crippen molar-refractivity contribution in [1.29, 1.82) is 0 Å². The Morgan fingerprint density at radius 1 is 0.972 bits per heavy atom.